The van der Waals surface area contributed by atoms with Crippen LogP contribution in [0, 0.1) is 0 Å². The molecule has 0 atom stereocenters. The van der Waals surface area contributed by atoms with Gasteiger partial charge in [0.15, 0.2) is 6.61 Å². The molecule has 0 saturated carbocycles. The molecule has 1 aromatic carbocycles. The first-order valence-electron chi connectivity index (χ1n) is 6.57. The van der Waals surface area contributed by atoms with Crippen LogP contribution < -0.4 is 15.0 Å². The lowest BCUT2D eigenvalue weighted by Gasteiger charge is -2.08. The number of nitrogens with one attached hydrogen (secondary N) is 2. The Balaban J connectivity index is 1.80. The Hall–Kier alpha value is -1.90. The summed E-state index contributed by atoms with van der Waals surface area (Å²) in [5.74, 6) is -0.0341. The molecular weight excluding hydrogens is 324 g/mol. The third-order valence-electron chi connectivity index (χ3n) is 2.79. The van der Waals surface area contributed by atoms with E-state index in [1.165, 1.54) is 11.6 Å². The Morgan fingerprint density at radius 3 is 2.55 bits per heavy atom. The van der Waals surface area contributed by atoms with Crippen molar-refractivity contribution >= 4 is 27.3 Å². The maximum Gasteiger partial charge on any atom is 0.272 e. The van der Waals surface area contributed by atoms with Gasteiger partial charge in [0.2, 0.25) is 0 Å². The summed E-state index contributed by atoms with van der Waals surface area (Å²) in [6.07, 6.45) is 0.922. The van der Waals surface area contributed by atoms with Gasteiger partial charge in [0.25, 0.3) is 15.9 Å². The molecule has 22 heavy (non-hydrogen) atoms. The van der Waals surface area contributed by atoms with Crippen LogP contribution in [0.15, 0.2) is 46.0 Å². The fraction of sp³-hybridized carbons (Fsp3) is 0.214. The fourth-order valence-electron chi connectivity index (χ4n) is 1.60. The van der Waals surface area contributed by atoms with Crippen molar-refractivity contribution < 1.29 is 17.9 Å². The molecule has 0 unspecified atom stereocenters. The zero-order valence-electron chi connectivity index (χ0n) is 11.9. The van der Waals surface area contributed by atoms with Crippen LogP contribution in [-0.2, 0) is 21.2 Å². The van der Waals surface area contributed by atoms with Crippen molar-refractivity contribution in [3.8, 4) is 5.75 Å². The van der Waals surface area contributed by atoms with E-state index < -0.39 is 15.9 Å². The lowest BCUT2D eigenvalue weighted by Crippen LogP contribution is -2.43. The highest BCUT2D eigenvalue weighted by Crippen LogP contribution is 2.14. The van der Waals surface area contributed by atoms with Crippen molar-refractivity contribution in [3.63, 3.8) is 0 Å². The van der Waals surface area contributed by atoms with Crippen LogP contribution in [0.1, 0.15) is 12.5 Å². The van der Waals surface area contributed by atoms with Crippen molar-refractivity contribution in [2.45, 2.75) is 17.6 Å². The molecule has 118 valence electrons. The maximum absolute atomic E-state index is 11.8. The SMILES string of the molecule is CCc1ccc(OCC(=O)NNS(=O)(=O)c2cccs2)cc1. The number of amides is 1. The number of benzene rings is 1. The molecule has 0 fully saturated rings. The van der Waals surface area contributed by atoms with E-state index in [0.717, 1.165) is 17.8 Å². The fourth-order valence-corrected chi connectivity index (χ4v) is 3.45. The highest BCUT2D eigenvalue weighted by Gasteiger charge is 2.15. The Bertz CT molecular complexity index is 710. The second-order valence-corrected chi connectivity index (χ2v) is 7.23. The zero-order valence-corrected chi connectivity index (χ0v) is 13.5. The first kappa shape index (κ1) is 16.5. The second kappa shape index (κ2) is 7.39. The van der Waals surface area contributed by atoms with Crippen molar-refractivity contribution in [2.24, 2.45) is 0 Å². The Morgan fingerprint density at radius 2 is 1.95 bits per heavy atom. The van der Waals surface area contributed by atoms with E-state index in [4.69, 9.17) is 4.74 Å². The Morgan fingerprint density at radius 1 is 1.23 bits per heavy atom. The number of carbonyl (C=O) groups excluding carboxylic acids is 1. The predicted octanol–water partition coefficient (Wildman–Crippen LogP) is 1.70. The lowest BCUT2D eigenvalue weighted by molar-refractivity contribution is -0.123. The third kappa shape index (κ3) is 4.55. The van der Waals surface area contributed by atoms with Gasteiger partial charge in [-0.2, -0.15) is 0 Å². The average Bonchev–Trinajstić information content (AvgIpc) is 3.07. The van der Waals surface area contributed by atoms with Gasteiger partial charge in [0.1, 0.15) is 9.96 Å². The van der Waals surface area contributed by atoms with Gasteiger partial charge in [-0.05, 0) is 35.6 Å². The molecule has 1 heterocycles. The molecule has 2 aromatic rings. The van der Waals surface area contributed by atoms with Crippen LogP contribution in [0.4, 0.5) is 0 Å². The van der Waals surface area contributed by atoms with Crippen molar-refractivity contribution in [2.75, 3.05) is 6.61 Å². The van der Waals surface area contributed by atoms with Gasteiger partial charge < -0.3 is 4.74 Å². The minimum Gasteiger partial charge on any atom is -0.484 e. The van der Waals surface area contributed by atoms with E-state index in [2.05, 4.69) is 5.43 Å². The van der Waals surface area contributed by atoms with E-state index >= 15 is 0 Å². The smallest absolute Gasteiger partial charge is 0.272 e. The quantitative estimate of drug-likeness (QED) is 0.751. The molecule has 2 N–H and O–H groups in total. The number of rotatable bonds is 7. The largest absolute Gasteiger partial charge is 0.484 e. The van der Waals surface area contributed by atoms with Crippen LogP contribution in [0.5, 0.6) is 5.75 Å². The normalized spacial score (nSPS) is 11.1. The minimum absolute atomic E-state index is 0.129. The topological polar surface area (TPSA) is 84.5 Å². The van der Waals surface area contributed by atoms with Gasteiger partial charge in [0.05, 0.1) is 0 Å². The van der Waals surface area contributed by atoms with Gasteiger partial charge in [-0.15, -0.1) is 16.2 Å². The van der Waals surface area contributed by atoms with Crippen LogP contribution in [-0.4, -0.2) is 20.9 Å². The molecule has 8 heteroatoms. The molecule has 1 amide bonds. The van der Waals surface area contributed by atoms with Gasteiger partial charge in [0, 0.05) is 0 Å². The molecule has 0 aliphatic rings. The number of carbonyl (C=O) groups is 1. The maximum atomic E-state index is 11.8. The standard InChI is InChI=1S/C14H16N2O4S2/c1-2-11-5-7-12(8-6-11)20-10-13(17)15-16-22(18,19)14-4-3-9-21-14/h3-9,16H,2,10H2,1H3,(H,15,17). The molecule has 2 rings (SSSR count). The monoisotopic (exact) mass is 340 g/mol. The van der Waals surface area contributed by atoms with Gasteiger partial charge in [-0.3, -0.25) is 10.2 Å². The number of hydrazine groups is 1. The van der Waals surface area contributed by atoms with Crippen molar-refractivity contribution in [1.82, 2.24) is 10.3 Å². The van der Waals surface area contributed by atoms with Crippen molar-refractivity contribution in [1.29, 1.82) is 0 Å². The lowest BCUT2D eigenvalue weighted by atomic mass is 10.2. The molecule has 1 aromatic heterocycles. The summed E-state index contributed by atoms with van der Waals surface area (Å²) in [6, 6.07) is 10.4. The molecule has 0 spiro atoms. The van der Waals surface area contributed by atoms with Crippen molar-refractivity contribution in [3.05, 3.63) is 47.3 Å². The van der Waals surface area contributed by atoms with Crippen LogP contribution in [0.25, 0.3) is 0 Å². The molecular formula is C14H16N2O4S2. The molecule has 0 aliphatic heterocycles. The second-order valence-electron chi connectivity index (χ2n) is 4.37. The first-order valence-corrected chi connectivity index (χ1v) is 8.93. The first-order chi connectivity index (χ1) is 10.5. The van der Waals surface area contributed by atoms with Gasteiger partial charge in [-0.25, -0.2) is 8.42 Å². The number of ether oxygens (including phenoxy) is 1. The van der Waals surface area contributed by atoms with E-state index in [1.807, 2.05) is 23.9 Å². The molecule has 0 bridgehead atoms. The number of sulfonamides is 1. The van der Waals surface area contributed by atoms with Gasteiger partial charge in [-0.1, -0.05) is 25.1 Å². The molecule has 0 saturated heterocycles. The Kier molecular flexibility index (Phi) is 5.53. The number of thiophene rings is 1. The Labute approximate surface area is 133 Å². The summed E-state index contributed by atoms with van der Waals surface area (Å²) in [5.41, 5.74) is 3.28. The van der Waals surface area contributed by atoms with Crippen LogP contribution >= 0.6 is 11.3 Å². The summed E-state index contributed by atoms with van der Waals surface area (Å²) < 4.78 is 29.0. The molecule has 6 nitrogen and oxygen atoms in total. The van der Waals surface area contributed by atoms with E-state index in [-0.39, 0.29) is 10.8 Å². The highest BCUT2D eigenvalue weighted by molar-refractivity contribution is 7.91. The number of aryl methyl sites for hydroxylation is 1. The van der Waals surface area contributed by atoms with Gasteiger partial charge >= 0.3 is 0 Å². The molecule has 0 radical (unpaired) electrons. The summed E-state index contributed by atoms with van der Waals surface area (Å²) in [7, 11) is -3.72. The van der Waals surface area contributed by atoms with E-state index in [9.17, 15) is 13.2 Å². The third-order valence-corrected chi connectivity index (χ3v) is 5.43. The summed E-state index contributed by atoms with van der Waals surface area (Å²) in [4.78, 5) is 13.6. The highest BCUT2D eigenvalue weighted by atomic mass is 32.2. The van der Waals surface area contributed by atoms with Crippen LogP contribution in [0.2, 0.25) is 0 Å². The summed E-state index contributed by atoms with van der Waals surface area (Å²) >= 11 is 1.06. The molecule has 0 aliphatic carbocycles. The summed E-state index contributed by atoms with van der Waals surface area (Å²) in [5, 5.41) is 1.64. The van der Waals surface area contributed by atoms with E-state index in [0.29, 0.717) is 5.75 Å². The zero-order chi connectivity index (χ0) is 16.0. The van der Waals surface area contributed by atoms with E-state index in [1.54, 1.807) is 23.6 Å². The summed E-state index contributed by atoms with van der Waals surface area (Å²) in [6.45, 7) is 1.77. The number of hydrogen-bond acceptors (Lipinski definition) is 5. The van der Waals surface area contributed by atoms with Crippen LogP contribution in [0.3, 0.4) is 0 Å². The minimum atomic E-state index is -3.72. The number of hydrogen-bond donors (Lipinski definition) is 2. The predicted molar refractivity (Wildman–Crippen MR) is 84.1 cm³/mol. The average molecular weight is 340 g/mol.